The Bertz CT molecular complexity index is 966. The van der Waals surface area contributed by atoms with Gasteiger partial charge in [0.1, 0.15) is 0 Å². The van der Waals surface area contributed by atoms with Crippen LogP contribution in [0.1, 0.15) is 25.1 Å². The van der Waals surface area contributed by atoms with Crippen molar-refractivity contribution >= 4 is 38.9 Å². The van der Waals surface area contributed by atoms with Crippen molar-refractivity contribution < 1.29 is 0 Å². The van der Waals surface area contributed by atoms with E-state index in [4.69, 9.17) is 0 Å². The van der Waals surface area contributed by atoms with Gasteiger partial charge in [-0.3, -0.25) is 3.97 Å². The molecule has 2 aromatic carbocycles. The molecule has 0 aliphatic carbocycles. The SMILES string of the molecule is Brc1ccnc2c1cc(Cc1ccccc1)n2Sc1ccccc1.CC. The van der Waals surface area contributed by atoms with Gasteiger partial charge in [-0.2, -0.15) is 0 Å². The molecule has 0 amide bonds. The maximum absolute atomic E-state index is 4.61. The van der Waals surface area contributed by atoms with Gasteiger partial charge in [0.25, 0.3) is 0 Å². The molecule has 0 bridgehead atoms. The predicted octanol–water partition coefficient (Wildman–Crippen LogP) is 6.97. The molecular formula is C22H21BrN2S. The number of rotatable bonds is 4. The number of pyridine rings is 1. The molecular weight excluding hydrogens is 404 g/mol. The zero-order chi connectivity index (χ0) is 18.4. The van der Waals surface area contributed by atoms with Gasteiger partial charge in [-0.1, -0.05) is 62.4 Å². The second-order valence-electron chi connectivity index (χ2n) is 5.53. The van der Waals surface area contributed by atoms with Crippen molar-refractivity contribution in [2.24, 2.45) is 0 Å². The third-order valence-electron chi connectivity index (χ3n) is 3.85. The first kappa shape index (κ1) is 18.7. The first-order chi connectivity index (χ1) is 12.8. The van der Waals surface area contributed by atoms with Gasteiger partial charge < -0.3 is 0 Å². The first-order valence-corrected chi connectivity index (χ1v) is 10.3. The summed E-state index contributed by atoms with van der Waals surface area (Å²) >= 11 is 5.36. The lowest BCUT2D eigenvalue weighted by atomic mass is 10.1. The Morgan fingerprint density at radius 1 is 0.923 bits per heavy atom. The Hall–Kier alpha value is -2.04. The van der Waals surface area contributed by atoms with Gasteiger partial charge >= 0.3 is 0 Å². The molecule has 0 radical (unpaired) electrons. The van der Waals surface area contributed by atoms with E-state index in [0.717, 1.165) is 21.9 Å². The predicted molar refractivity (Wildman–Crippen MR) is 116 cm³/mol. The van der Waals surface area contributed by atoms with E-state index < -0.39 is 0 Å². The zero-order valence-corrected chi connectivity index (χ0v) is 17.3. The van der Waals surface area contributed by atoms with Crippen LogP contribution >= 0.6 is 27.9 Å². The normalized spacial score (nSPS) is 10.4. The van der Waals surface area contributed by atoms with Crippen LogP contribution in [0.4, 0.5) is 0 Å². The van der Waals surface area contributed by atoms with Crippen molar-refractivity contribution in [3.63, 3.8) is 0 Å². The number of halogens is 1. The van der Waals surface area contributed by atoms with Gasteiger partial charge in [0, 0.05) is 33.1 Å². The fraction of sp³-hybridized carbons (Fsp3) is 0.136. The highest BCUT2D eigenvalue weighted by molar-refractivity contribution is 9.10. The van der Waals surface area contributed by atoms with Gasteiger partial charge in [-0.15, -0.1) is 0 Å². The van der Waals surface area contributed by atoms with Gasteiger partial charge in [-0.05, 0) is 57.7 Å². The lowest BCUT2D eigenvalue weighted by Crippen LogP contribution is -1.97. The average molecular weight is 425 g/mol. The van der Waals surface area contributed by atoms with Crippen molar-refractivity contribution in [2.75, 3.05) is 0 Å². The van der Waals surface area contributed by atoms with Crippen molar-refractivity contribution in [2.45, 2.75) is 25.2 Å². The molecule has 0 aliphatic heterocycles. The Kier molecular flexibility index (Phi) is 6.53. The number of aromatic nitrogens is 2. The molecule has 0 N–H and O–H groups in total. The second kappa shape index (κ2) is 9.06. The summed E-state index contributed by atoms with van der Waals surface area (Å²) in [6, 6.07) is 25.2. The first-order valence-electron chi connectivity index (χ1n) is 8.73. The Labute approximate surface area is 167 Å². The minimum Gasteiger partial charge on any atom is -0.267 e. The van der Waals surface area contributed by atoms with Crippen LogP contribution in [-0.2, 0) is 6.42 Å². The largest absolute Gasteiger partial charge is 0.267 e. The molecule has 2 nitrogen and oxygen atoms in total. The highest BCUT2D eigenvalue weighted by Gasteiger charge is 2.14. The van der Waals surface area contributed by atoms with E-state index in [9.17, 15) is 0 Å². The third kappa shape index (κ3) is 4.19. The topological polar surface area (TPSA) is 17.8 Å². The van der Waals surface area contributed by atoms with Crippen LogP contribution in [0.2, 0.25) is 0 Å². The molecule has 0 unspecified atom stereocenters. The minimum atomic E-state index is 0.878. The molecule has 0 saturated carbocycles. The maximum Gasteiger partial charge on any atom is 0.151 e. The lowest BCUT2D eigenvalue weighted by molar-refractivity contribution is 1.06. The van der Waals surface area contributed by atoms with Crippen molar-refractivity contribution in [1.82, 2.24) is 8.96 Å². The molecule has 0 saturated heterocycles. The van der Waals surface area contributed by atoms with E-state index in [2.05, 4.69) is 85.5 Å². The summed E-state index contributed by atoms with van der Waals surface area (Å²) in [5.74, 6) is 0. The molecule has 26 heavy (non-hydrogen) atoms. The molecule has 2 heterocycles. The maximum atomic E-state index is 4.61. The Balaban J connectivity index is 0.000000948. The molecule has 132 valence electrons. The van der Waals surface area contributed by atoms with E-state index in [1.54, 1.807) is 11.9 Å². The molecule has 2 aromatic heterocycles. The summed E-state index contributed by atoms with van der Waals surface area (Å²) in [5, 5.41) is 1.15. The molecule has 0 fully saturated rings. The van der Waals surface area contributed by atoms with Gasteiger partial charge in [0.2, 0.25) is 0 Å². The quantitative estimate of drug-likeness (QED) is 0.351. The standard InChI is InChI=1S/C20H15BrN2S.C2H6/c21-19-11-12-22-20-18(19)14-16(13-15-7-3-1-4-8-15)23(20)24-17-9-5-2-6-10-17;1-2/h1-12,14H,13H2;1-2H3. The number of hydrogen-bond donors (Lipinski definition) is 0. The van der Waals surface area contributed by atoms with Crippen molar-refractivity contribution in [1.29, 1.82) is 0 Å². The van der Waals surface area contributed by atoms with Crippen LogP contribution < -0.4 is 0 Å². The van der Waals surface area contributed by atoms with Gasteiger partial charge in [0.15, 0.2) is 5.65 Å². The van der Waals surface area contributed by atoms with E-state index >= 15 is 0 Å². The van der Waals surface area contributed by atoms with Crippen molar-refractivity contribution in [3.8, 4) is 0 Å². The number of nitrogens with zero attached hydrogens (tertiary/aromatic N) is 2. The molecule has 4 rings (SSSR count). The minimum absolute atomic E-state index is 0.878. The zero-order valence-electron chi connectivity index (χ0n) is 14.9. The fourth-order valence-corrected chi connectivity index (χ4v) is 4.08. The molecule has 0 aliphatic rings. The third-order valence-corrected chi connectivity index (χ3v) is 5.61. The van der Waals surface area contributed by atoms with Crippen molar-refractivity contribution in [3.05, 3.63) is 94.7 Å². The fourth-order valence-electron chi connectivity index (χ4n) is 2.71. The van der Waals surface area contributed by atoms with E-state index in [0.29, 0.717) is 0 Å². The van der Waals surface area contributed by atoms with Crippen LogP contribution in [-0.4, -0.2) is 8.96 Å². The highest BCUT2D eigenvalue weighted by atomic mass is 79.9. The molecule has 0 atom stereocenters. The van der Waals surface area contributed by atoms with Crippen LogP contribution in [0.15, 0.2) is 88.4 Å². The molecule has 4 heteroatoms. The monoisotopic (exact) mass is 424 g/mol. The molecule has 0 spiro atoms. The highest BCUT2D eigenvalue weighted by Crippen LogP contribution is 2.33. The summed E-state index contributed by atoms with van der Waals surface area (Å²) in [6.07, 6.45) is 2.73. The van der Waals surface area contributed by atoms with Crippen LogP contribution in [0, 0.1) is 0 Å². The number of fused-ring (bicyclic) bond motifs is 1. The van der Waals surface area contributed by atoms with Gasteiger partial charge in [-0.25, -0.2) is 4.98 Å². The summed E-state index contributed by atoms with van der Waals surface area (Å²) in [4.78, 5) is 5.81. The van der Waals surface area contributed by atoms with Crippen LogP contribution in [0.5, 0.6) is 0 Å². The smallest absolute Gasteiger partial charge is 0.151 e. The summed E-state index contributed by atoms with van der Waals surface area (Å²) < 4.78 is 3.32. The van der Waals surface area contributed by atoms with Gasteiger partial charge in [0.05, 0.1) is 0 Å². The second-order valence-corrected chi connectivity index (χ2v) is 7.40. The summed E-state index contributed by atoms with van der Waals surface area (Å²) in [7, 11) is 0. The van der Waals surface area contributed by atoms with E-state index in [-0.39, 0.29) is 0 Å². The Morgan fingerprint density at radius 3 is 2.27 bits per heavy atom. The Morgan fingerprint density at radius 2 is 1.58 bits per heavy atom. The van der Waals surface area contributed by atoms with Crippen LogP contribution in [0.3, 0.4) is 0 Å². The van der Waals surface area contributed by atoms with E-state index in [1.165, 1.54) is 16.2 Å². The van der Waals surface area contributed by atoms with E-state index in [1.807, 2.05) is 32.2 Å². The van der Waals surface area contributed by atoms with Crippen LogP contribution in [0.25, 0.3) is 11.0 Å². The molecule has 4 aromatic rings. The summed E-state index contributed by atoms with van der Waals surface area (Å²) in [6.45, 7) is 4.00. The average Bonchev–Trinajstić information content (AvgIpc) is 3.04. The summed E-state index contributed by atoms with van der Waals surface area (Å²) in [5.41, 5.74) is 3.53. The number of hydrogen-bond acceptors (Lipinski definition) is 2. The lowest BCUT2D eigenvalue weighted by Gasteiger charge is -2.09. The number of benzene rings is 2.